The van der Waals surface area contributed by atoms with Crippen LogP contribution in [-0.2, 0) is 32.0 Å². The van der Waals surface area contributed by atoms with Crippen molar-refractivity contribution < 1.29 is 33.0 Å². The second kappa shape index (κ2) is 14.0. The molecule has 2 aromatic carbocycles. The number of ether oxygens (including phenoxy) is 2. The van der Waals surface area contributed by atoms with Crippen LogP contribution in [0.3, 0.4) is 0 Å². The smallest absolute Gasteiger partial charge is 0.414 e. The van der Waals surface area contributed by atoms with E-state index in [4.69, 9.17) is 9.47 Å². The third kappa shape index (κ3) is 9.00. The van der Waals surface area contributed by atoms with Crippen molar-refractivity contribution in [2.75, 3.05) is 18.0 Å². The van der Waals surface area contributed by atoms with E-state index in [-0.39, 0.29) is 32.0 Å². The minimum atomic E-state index is -0.916. The molecule has 3 aromatic rings. The molecule has 11 nitrogen and oxygen atoms in total. The number of nitrogens with zero attached hydrogens (tertiary/aromatic N) is 2. The number of cyclic esters (lactones) is 1. The van der Waals surface area contributed by atoms with Gasteiger partial charge in [-0.2, -0.15) is 0 Å². The predicted molar refractivity (Wildman–Crippen MR) is 161 cm³/mol. The van der Waals surface area contributed by atoms with Gasteiger partial charge in [-0.15, -0.1) is 0 Å². The summed E-state index contributed by atoms with van der Waals surface area (Å²) in [6.45, 7) is 7.12. The first-order chi connectivity index (χ1) is 20.9. The molecule has 0 saturated carbocycles. The summed E-state index contributed by atoms with van der Waals surface area (Å²) < 4.78 is 25.7. The van der Waals surface area contributed by atoms with Gasteiger partial charge in [0.25, 0.3) is 0 Å². The summed E-state index contributed by atoms with van der Waals surface area (Å²) in [4.78, 5) is 54.5. The summed E-state index contributed by atoms with van der Waals surface area (Å²) in [5.41, 5.74) is 1.96. The normalized spacial score (nSPS) is 15.2. The van der Waals surface area contributed by atoms with Crippen LogP contribution in [0.15, 0.2) is 66.9 Å². The third-order valence-corrected chi connectivity index (χ3v) is 6.60. The molecule has 44 heavy (non-hydrogen) atoms. The van der Waals surface area contributed by atoms with Crippen molar-refractivity contribution in [3.8, 4) is 11.1 Å². The highest BCUT2D eigenvalue weighted by Crippen LogP contribution is 2.29. The van der Waals surface area contributed by atoms with Gasteiger partial charge in [0, 0.05) is 37.3 Å². The number of alkyl carbamates (subject to hydrolysis) is 1. The summed E-state index contributed by atoms with van der Waals surface area (Å²) in [7, 11) is 0. The Balaban J connectivity index is 1.38. The van der Waals surface area contributed by atoms with Gasteiger partial charge in [-0.05, 0) is 62.2 Å². The van der Waals surface area contributed by atoms with E-state index in [0.717, 1.165) is 5.56 Å². The Hall–Kier alpha value is -5.00. The second-order valence-corrected chi connectivity index (χ2v) is 11.4. The van der Waals surface area contributed by atoms with E-state index in [9.17, 15) is 19.2 Å². The van der Waals surface area contributed by atoms with E-state index in [0.29, 0.717) is 22.5 Å². The first-order valence-corrected chi connectivity index (χ1v) is 14.2. The van der Waals surface area contributed by atoms with Crippen molar-refractivity contribution in [3.05, 3.63) is 83.9 Å². The Morgan fingerprint density at radius 2 is 1.84 bits per heavy atom. The summed E-state index contributed by atoms with van der Waals surface area (Å²) in [6, 6.07) is 15.9. The molecule has 232 valence electrons. The molecule has 1 aliphatic heterocycles. The number of benzene rings is 2. The minimum Gasteiger partial charge on any atom is -0.444 e. The van der Waals surface area contributed by atoms with E-state index >= 15 is 4.39 Å². The van der Waals surface area contributed by atoms with Gasteiger partial charge in [0.05, 0.1) is 18.8 Å². The zero-order chi connectivity index (χ0) is 31.9. The molecule has 0 bridgehead atoms. The van der Waals surface area contributed by atoms with Crippen LogP contribution in [0.1, 0.15) is 39.0 Å². The fourth-order valence-corrected chi connectivity index (χ4v) is 4.50. The van der Waals surface area contributed by atoms with Crippen molar-refractivity contribution in [2.45, 2.75) is 58.4 Å². The van der Waals surface area contributed by atoms with Gasteiger partial charge in [0.15, 0.2) is 0 Å². The zero-order valence-electron chi connectivity index (χ0n) is 25.1. The van der Waals surface area contributed by atoms with Crippen molar-refractivity contribution in [3.63, 3.8) is 0 Å². The Morgan fingerprint density at radius 3 is 2.48 bits per heavy atom. The average molecular weight is 606 g/mol. The molecule has 0 aliphatic carbocycles. The van der Waals surface area contributed by atoms with E-state index < -0.39 is 41.7 Å². The van der Waals surface area contributed by atoms with Gasteiger partial charge >= 0.3 is 12.2 Å². The topological polar surface area (TPSA) is 139 Å². The zero-order valence-corrected chi connectivity index (χ0v) is 25.1. The van der Waals surface area contributed by atoms with Crippen LogP contribution in [0.2, 0.25) is 0 Å². The third-order valence-electron chi connectivity index (χ3n) is 6.60. The number of pyridine rings is 1. The number of carbonyl (C=O) groups is 4. The number of hydrogen-bond donors (Lipinski definition) is 3. The van der Waals surface area contributed by atoms with Gasteiger partial charge in [0.1, 0.15) is 23.6 Å². The summed E-state index contributed by atoms with van der Waals surface area (Å²) in [5, 5.41) is 8.07. The van der Waals surface area contributed by atoms with E-state index in [2.05, 4.69) is 20.9 Å². The number of aromatic nitrogens is 1. The highest BCUT2D eigenvalue weighted by atomic mass is 19.1. The molecule has 0 unspecified atom stereocenters. The molecule has 4 rings (SSSR count). The molecule has 3 N–H and O–H groups in total. The summed E-state index contributed by atoms with van der Waals surface area (Å²) in [5.74, 6) is -1.16. The SMILES string of the molecule is CC(=O)NC[C@H]1CN(c2ccc(-c3ccc(CNC(=O)[C@H](Cc4ccccn4)NC(=O)OC(C)(C)C)cc3)c(F)c2)C(=O)O1. The Labute approximate surface area is 255 Å². The Bertz CT molecular complexity index is 1490. The molecule has 2 atom stereocenters. The van der Waals surface area contributed by atoms with Gasteiger partial charge in [-0.3, -0.25) is 19.5 Å². The maximum absolute atomic E-state index is 15.2. The molecule has 12 heteroatoms. The lowest BCUT2D eigenvalue weighted by Gasteiger charge is -2.23. The minimum absolute atomic E-state index is 0.172. The predicted octanol–water partition coefficient (Wildman–Crippen LogP) is 4.10. The van der Waals surface area contributed by atoms with Crippen molar-refractivity contribution in [1.29, 1.82) is 0 Å². The van der Waals surface area contributed by atoms with Crippen LogP contribution < -0.4 is 20.9 Å². The van der Waals surface area contributed by atoms with Gasteiger partial charge < -0.3 is 25.4 Å². The average Bonchev–Trinajstić information content (AvgIpc) is 3.34. The summed E-state index contributed by atoms with van der Waals surface area (Å²) in [6.07, 6.45) is -0.0621. The first-order valence-electron chi connectivity index (χ1n) is 14.2. The number of nitrogens with one attached hydrogen (secondary N) is 3. The summed E-state index contributed by atoms with van der Waals surface area (Å²) >= 11 is 0. The number of halogens is 1. The molecular weight excluding hydrogens is 569 g/mol. The van der Waals surface area contributed by atoms with Gasteiger partial charge in [-0.25, -0.2) is 14.0 Å². The van der Waals surface area contributed by atoms with Crippen LogP contribution in [0, 0.1) is 5.82 Å². The number of hydrogen-bond acceptors (Lipinski definition) is 7. The number of anilines is 1. The molecule has 0 spiro atoms. The number of carbonyl (C=O) groups excluding carboxylic acids is 4. The van der Waals surface area contributed by atoms with E-state index in [1.54, 1.807) is 81.6 Å². The van der Waals surface area contributed by atoms with Crippen LogP contribution in [0.5, 0.6) is 0 Å². The standard InChI is InChI=1S/C32H36FN5O6/c1-20(39)35-18-25-19-38(31(42)43-25)24-12-13-26(27(33)16-24)22-10-8-21(9-11-22)17-36-29(40)28(15-23-7-5-6-14-34-23)37-30(41)44-32(2,3)4/h5-14,16,25,28H,15,17-19H2,1-4H3,(H,35,39)(H,36,40)(H,37,41)/t25-,28-/m0/s1. The second-order valence-electron chi connectivity index (χ2n) is 11.4. The highest BCUT2D eigenvalue weighted by Gasteiger charge is 2.33. The first kappa shape index (κ1) is 31.9. The van der Waals surface area contributed by atoms with Crippen molar-refractivity contribution in [1.82, 2.24) is 20.9 Å². The van der Waals surface area contributed by atoms with Crippen molar-refractivity contribution in [2.24, 2.45) is 0 Å². The highest BCUT2D eigenvalue weighted by molar-refractivity contribution is 5.90. The maximum atomic E-state index is 15.2. The fourth-order valence-electron chi connectivity index (χ4n) is 4.50. The molecule has 2 heterocycles. The van der Waals surface area contributed by atoms with Crippen LogP contribution in [-0.4, -0.2) is 59.8 Å². The molecule has 1 aliphatic rings. The maximum Gasteiger partial charge on any atom is 0.414 e. The lowest BCUT2D eigenvalue weighted by molar-refractivity contribution is -0.123. The lowest BCUT2D eigenvalue weighted by Crippen LogP contribution is -2.49. The van der Waals surface area contributed by atoms with Crippen LogP contribution in [0.25, 0.3) is 11.1 Å². The quantitative estimate of drug-likeness (QED) is 0.316. The molecule has 0 radical (unpaired) electrons. The molecule has 4 amide bonds. The number of amides is 4. The lowest BCUT2D eigenvalue weighted by atomic mass is 10.0. The number of rotatable bonds is 10. The van der Waals surface area contributed by atoms with Gasteiger partial charge in [-0.1, -0.05) is 30.3 Å². The Morgan fingerprint density at radius 1 is 1.09 bits per heavy atom. The van der Waals surface area contributed by atoms with Gasteiger partial charge in [0.2, 0.25) is 11.8 Å². The molecule has 1 aromatic heterocycles. The van der Waals surface area contributed by atoms with Crippen LogP contribution in [0.4, 0.5) is 19.7 Å². The largest absolute Gasteiger partial charge is 0.444 e. The molecule has 1 saturated heterocycles. The van der Waals surface area contributed by atoms with E-state index in [1.807, 2.05) is 0 Å². The van der Waals surface area contributed by atoms with E-state index in [1.165, 1.54) is 17.9 Å². The fraction of sp³-hybridized carbons (Fsp3) is 0.344. The van der Waals surface area contributed by atoms with Crippen LogP contribution >= 0.6 is 0 Å². The monoisotopic (exact) mass is 605 g/mol. The molecular formula is C32H36FN5O6. The Kier molecular flexibility index (Phi) is 10.1. The molecule has 1 fully saturated rings. The van der Waals surface area contributed by atoms with Crippen molar-refractivity contribution >= 4 is 29.7 Å².